The molecule has 0 amide bonds. The van der Waals surface area contributed by atoms with Crippen LogP contribution in [-0.4, -0.2) is 59.2 Å². The molecule has 0 spiro atoms. The molecular formula is C14H26N4O2S. The van der Waals surface area contributed by atoms with Crippen molar-refractivity contribution in [2.24, 2.45) is 5.73 Å². The van der Waals surface area contributed by atoms with Gasteiger partial charge in [-0.2, -0.15) is 12.6 Å². The smallest absolute Gasteiger partial charge is 0.216 e. The number of hydrogen-bond donors (Lipinski definition) is 2. The Kier molecular flexibility index (Phi) is 8.22. The SMILES string of the molecule is CC[C@H](S)C/C(N)=C/C=C/N1CCN(CC[N+](=O)[O-])CC1. The van der Waals surface area contributed by atoms with E-state index in [2.05, 4.69) is 29.4 Å². The summed E-state index contributed by atoms with van der Waals surface area (Å²) in [6.45, 7) is 6.18. The van der Waals surface area contributed by atoms with Crippen LogP contribution in [0.25, 0.3) is 0 Å². The fourth-order valence-corrected chi connectivity index (χ4v) is 2.34. The van der Waals surface area contributed by atoms with Gasteiger partial charge in [0, 0.05) is 42.0 Å². The van der Waals surface area contributed by atoms with Crippen molar-refractivity contribution in [3.05, 3.63) is 34.2 Å². The minimum atomic E-state index is -0.259. The summed E-state index contributed by atoms with van der Waals surface area (Å²) < 4.78 is 0. The highest BCUT2D eigenvalue weighted by Crippen LogP contribution is 2.10. The molecule has 1 rings (SSSR count). The summed E-state index contributed by atoms with van der Waals surface area (Å²) in [5.74, 6) is 0. The lowest BCUT2D eigenvalue weighted by molar-refractivity contribution is -0.480. The van der Waals surface area contributed by atoms with Crippen molar-refractivity contribution in [2.75, 3.05) is 39.3 Å². The predicted octanol–water partition coefficient (Wildman–Crippen LogP) is 1.34. The van der Waals surface area contributed by atoms with Crippen LogP contribution in [-0.2, 0) is 0 Å². The number of piperazine rings is 1. The summed E-state index contributed by atoms with van der Waals surface area (Å²) in [4.78, 5) is 14.4. The fraction of sp³-hybridized carbons (Fsp3) is 0.714. The molecule has 0 bridgehead atoms. The van der Waals surface area contributed by atoms with Gasteiger partial charge in [0.1, 0.15) is 0 Å². The largest absolute Gasteiger partial charge is 0.402 e. The van der Waals surface area contributed by atoms with E-state index in [-0.39, 0.29) is 11.5 Å². The van der Waals surface area contributed by atoms with E-state index in [1.165, 1.54) is 0 Å². The number of allylic oxidation sites excluding steroid dienone is 3. The van der Waals surface area contributed by atoms with Crippen molar-refractivity contribution in [1.82, 2.24) is 9.80 Å². The van der Waals surface area contributed by atoms with Crippen LogP contribution in [0.15, 0.2) is 24.0 Å². The van der Waals surface area contributed by atoms with Gasteiger partial charge in [-0.25, -0.2) is 0 Å². The molecule has 6 nitrogen and oxygen atoms in total. The molecule has 1 saturated heterocycles. The number of nitro groups is 1. The van der Waals surface area contributed by atoms with E-state index in [1.54, 1.807) is 0 Å². The minimum absolute atomic E-state index is 0.0252. The second-order valence-electron chi connectivity index (χ2n) is 5.28. The Labute approximate surface area is 132 Å². The second-order valence-corrected chi connectivity index (χ2v) is 6.01. The van der Waals surface area contributed by atoms with Crippen molar-refractivity contribution < 1.29 is 4.92 Å². The van der Waals surface area contributed by atoms with Crippen LogP contribution >= 0.6 is 12.6 Å². The Morgan fingerprint density at radius 3 is 2.67 bits per heavy atom. The van der Waals surface area contributed by atoms with Gasteiger partial charge in [-0.3, -0.25) is 15.0 Å². The molecule has 0 aromatic heterocycles. The average Bonchev–Trinajstić information content (AvgIpc) is 2.46. The molecule has 0 unspecified atom stereocenters. The standard InChI is InChI=1S/C14H26N4O2S/c1-2-14(21)12-13(15)4-3-5-16-6-8-17(9-7-16)10-11-18(19)20/h3-5,14,21H,2,6-12,15H2,1H3/b5-3+,13-4-/t14-/m0/s1. The summed E-state index contributed by atoms with van der Waals surface area (Å²) in [5.41, 5.74) is 6.77. The number of thiol groups is 1. The van der Waals surface area contributed by atoms with Crippen molar-refractivity contribution in [3.8, 4) is 0 Å². The highest BCUT2D eigenvalue weighted by Gasteiger charge is 2.15. The molecule has 1 atom stereocenters. The van der Waals surface area contributed by atoms with Crippen molar-refractivity contribution in [3.63, 3.8) is 0 Å². The molecule has 21 heavy (non-hydrogen) atoms. The third-order valence-corrected chi connectivity index (χ3v) is 4.10. The lowest BCUT2D eigenvalue weighted by Gasteiger charge is -2.33. The zero-order chi connectivity index (χ0) is 15.7. The van der Waals surface area contributed by atoms with Gasteiger partial charge in [0.25, 0.3) is 0 Å². The van der Waals surface area contributed by atoms with Crippen LogP contribution in [0.4, 0.5) is 0 Å². The number of rotatable bonds is 8. The fourth-order valence-electron chi connectivity index (χ4n) is 2.13. The van der Waals surface area contributed by atoms with Gasteiger partial charge in [0.2, 0.25) is 6.54 Å². The molecule has 0 aromatic rings. The molecule has 1 heterocycles. The van der Waals surface area contributed by atoms with Crippen LogP contribution in [0.5, 0.6) is 0 Å². The monoisotopic (exact) mass is 314 g/mol. The Bertz CT molecular complexity index is 379. The van der Waals surface area contributed by atoms with Gasteiger partial charge in [0.15, 0.2) is 0 Å². The number of nitrogens with zero attached hydrogens (tertiary/aromatic N) is 3. The van der Waals surface area contributed by atoms with Crippen molar-refractivity contribution >= 4 is 12.6 Å². The van der Waals surface area contributed by atoms with E-state index in [1.807, 2.05) is 18.4 Å². The molecule has 1 aliphatic rings. The Morgan fingerprint density at radius 2 is 2.10 bits per heavy atom. The number of nitrogens with two attached hydrogens (primary N) is 1. The first kappa shape index (κ1) is 17.8. The maximum absolute atomic E-state index is 10.3. The lowest BCUT2D eigenvalue weighted by Crippen LogP contribution is -2.45. The van der Waals surface area contributed by atoms with Crippen LogP contribution in [0.3, 0.4) is 0 Å². The molecule has 1 aliphatic heterocycles. The van der Waals surface area contributed by atoms with Crippen LogP contribution in [0, 0.1) is 10.1 Å². The molecule has 0 saturated carbocycles. The summed E-state index contributed by atoms with van der Waals surface area (Å²) in [5, 5.41) is 10.7. The first-order chi connectivity index (χ1) is 10.0. The van der Waals surface area contributed by atoms with Gasteiger partial charge in [0.05, 0.1) is 6.54 Å². The highest BCUT2D eigenvalue weighted by atomic mass is 32.1. The van der Waals surface area contributed by atoms with E-state index < -0.39 is 0 Å². The maximum Gasteiger partial charge on any atom is 0.216 e. The highest BCUT2D eigenvalue weighted by molar-refractivity contribution is 7.80. The molecule has 1 fully saturated rings. The van der Waals surface area contributed by atoms with Crippen molar-refractivity contribution in [2.45, 2.75) is 25.0 Å². The summed E-state index contributed by atoms with van der Waals surface area (Å²) in [6.07, 6.45) is 7.75. The zero-order valence-electron chi connectivity index (χ0n) is 12.6. The molecular weight excluding hydrogens is 288 g/mol. The van der Waals surface area contributed by atoms with E-state index in [0.29, 0.717) is 11.8 Å². The average molecular weight is 314 g/mol. The van der Waals surface area contributed by atoms with Crippen LogP contribution < -0.4 is 5.73 Å². The van der Waals surface area contributed by atoms with Crippen LogP contribution in [0.1, 0.15) is 19.8 Å². The quantitative estimate of drug-likeness (QED) is 0.306. The molecule has 7 heteroatoms. The third kappa shape index (κ3) is 7.96. The van der Waals surface area contributed by atoms with Gasteiger partial charge in [-0.1, -0.05) is 6.92 Å². The number of hydrogen-bond acceptors (Lipinski definition) is 6. The van der Waals surface area contributed by atoms with E-state index >= 15 is 0 Å². The Hall–Kier alpha value is -1.21. The second kappa shape index (κ2) is 9.68. The predicted molar refractivity (Wildman–Crippen MR) is 89.0 cm³/mol. The van der Waals surface area contributed by atoms with E-state index in [0.717, 1.165) is 44.7 Å². The topological polar surface area (TPSA) is 75.6 Å². The summed E-state index contributed by atoms with van der Waals surface area (Å²) in [6, 6.07) is 0. The van der Waals surface area contributed by atoms with E-state index in [4.69, 9.17) is 5.73 Å². The van der Waals surface area contributed by atoms with Gasteiger partial charge in [-0.15, -0.1) is 0 Å². The Balaban J connectivity index is 2.27. The van der Waals surface area contributed by atoms with Crippen molar-refractivity contribution in [1.29, 1.82) is 0 Å². The third-order valence-electron chi connectivity index (χ3n) is 3.56. The summed E-state index contributed by atoms with van der Waals surface area (Å²) in [7, 11) is 0. The molecule has 0 aromatic carbocycles. The van der Waals surface area contributed by atoms with Gasteiger partial charge < -0.3 is 10.6 Å². The first-order valence-electron chi connectivity index (χ1n) is 7.40. The van der Waals surface area contributed by atoms with E-state index in [9.17, 15) is 10.1 Å². The van der Waals surface area contributed by atoms with Crippen LogP contribution in [0.2, 0.25) is 0 Å². The molecule has 2 N–H and O–H groups in total. The molecule has 120 valence electrons. The maximum atomic E-state index is 10.3. The first-order valence-corrected chi connectivity index (χ1v) is 7.92. The molecule has 0 radical (unpaired) electrons. The Morgan fingerprint density at radius 1 is 1.43 bits per heavy atom. The van der Waals surface area contributed by atoms with Gasteiger partial charge in [-0.05, 0) is 31.2 Å². The normalized spacial score (nSPS) is 19.1. The summed E-state index contributed by atoms with van der Waals surface area (Å²) >= 11 is 4.43. The van der Waals surface area contributed by atoms with Gasteiger partial charge >= 0.3 is 0 Å². The zero-order valence-corrected chi connectivity index (χ0v) is 13.5. The molecule has 0 aliphatic carbocycles. The lowest BCUT2D eigenvalue weighted by atomic mass is 10.2. The minimum Gasteiger partial charge on any atom is -0.402 e.